The molecule has 21 heavy (non-hydrogen) atoms. The predicted octanol–water partition coefficient (Wildman–Crippen LogP) is 3.38. The van der Waals surface area contributed by atoms with E-state index in [1.807, 2.05) is 42.5 Å². The quantitative estimate of drug-likeness (QED) is 0.807. The average molecular weight is 284 g/mol. The van der Waals surface area contributed by atoms with Crippen molar-refractivity contribution in [3.8, 4) is 11.5 Å². The first-order valence-electron chi connectivity index (χ1n) is 6.78. The number of hydrogen-bond acceptors (Lipinski definition) is 4. The fourth-order valence-electron chi connectivity index (χ4n) is 2.36. The summed E-state index contributed by atoms with van der Waals surface area (Å²) in [5.41, 5.74) is 1.62. The van der Waals surface area contributed by atoms with Crippen LogP contribution in [-0.4, -0.2) is 19.7 Å². The van der Waals surface area contributed by atoms with Crippen molar-refractivity contribution in [2.75, 3.05) is 13.9 Å². The largest absolute Gasteiger partial charge is 0.484 e. The second kappa shape index (κ2) is 5.97. The molecule has 1 aliphatic heterocycles. The molecule has 0 aliphatic carbocycles. The lowest BCUT2D eigenvalue weighted by atomic mass is 9.96. The number of methoxy groups -OCH3 is 1. The van der Waals surface area contributed by atoms with Gasteiger partial charge in [-0.3, -0.25) is 4.79 Å². The van der Waals surface area contributed by atoms with Gasteiger partial charge in [-0.25, -0.2) is 0 Å². The summed E-state index contributed by atoms with van der Waals surface area (Å²) in [5.74, 6) is 1.49. The fourth-order valence-corrected chi connectivity index (χ4v) is 2.36. The molecule has 0 radical (unpaired) electrons. The molecule has 4 heteroatoms. The third-order valence-electron chi connectivity index (χ3n) is 3.42. The zero-order chi connectivity index (χ0) is 14.7. The van der Waals surface area contributed by atoms with Gasteiger partial charge < -0.3 is 14.2 Å². The van der Waals surface area contributed by atoms with Crippen LogP contribution in [0.3, 0.4) is 0 Å². The van der Waals surface area contributed by atoms with Crippen molar-refractivity contribution in [3.05, 3.63) is 59.7 Å². The van der Waals surface area contributed by atoms with Crippen molar-refractivity contribution >= 4 is 5.78 Å². The van der Waals surface area contributed by atoms with E-state index in [2.05, 4.69) is 0 Å². The molecule has 3 rings (SSSR count). The highest BCUT2D eigenvalue weighted by molar-refractivity contribution is 5.99. The summed E-state index contributed by atoms with van der Waals surface area (Å²) < 4.78 is 16.1. The Bertz CT molecular complexity index is 633. The minimum absolute atomic E-state index is 0.113. The molecule has 0 saturated carbocycles. The van der Waals surface area contributed by atoms with E-state index >= 15 is 0 Å². The Balaban J connectivity index is 1.78. The highest BCUT2D eigenvalue weighted by Gasteiger charge is 2.27. The molecule has 1 heterocycles. The second-order valence-corrected chi connectivity index (χ2v) is 4.85. The van der Waals surface area contributed by atoms with Crippen LogP contribution in [0.25, 0.3) is 0 Å². The van der Waals surface area contributed by atoms with Crippen molar-refractivity contribution in [1.82, 2.24) is 0 Å². The number of ether oxygens (including phenoxy) is 3. The van der Waals surface area contributed by atoms with Crippen LogP contribution in [0.1, 0.15) is 28.4 Å². The maximum Gasteiger partial charge on any atom is 0.188 e. The summed E-state index contributed by atoms with van der Waals surface area (Å²) in [4.78, 5) is 12.2. The Kier molecular flexibility index (Phi) is 3.88. The van der Waals surface area contributed by atoms with Crippen molar-refractivity contribution < 1.29 is 19.0 Å². The van der Waals surface area contributed by atoms with Crippen LogP contribution in [0.4, 0.5) is 0 Å². The van der Waals surface area contributed by atoms with E-state index in [1.165, 1.54) is 0 Å². The molecular formula is C17H16O4. The van der Waals surface area contributed by atoms with Gasteiger partial charge in [0.1, 0.15) is 17.6 Å². The number of ketones is 1. The van der Waals surface area contributed by atoms with Gasteiger partial charge in [-0.15, -0.1) is 0 Å². The molecule has 0 spiro atoms. The monoisotopic (exact) mass is 284 g/mol. The fraction of sp³-hybridized carbons (Fsp3) is 0.235. The van der Waals surface area contributed by atoms with Crippen LogP contribution < -0.4 is 9.47 Å². The second-order valence-electron chi connectivity index (χ2n) is 4.85. The van der Waals surface area contributed by atoms with Crippen LogP contribution in [0.2, 0.25) is 0 Å². The number of fused-ring (bicyclic) bond motifs is 1. The number of Topliss-reactive ketones (excluding diaryl/α,β-unsaturated/α-hetero) is 1. The smallest absolute Gasteiger partial charge is 0.188 e. The van der Waals surface area contributed by atoms with E-state index in [4.69, 9.17) is 14.2 Å². The normalized spacial score (nSPS) is 17.0. The van der Waals surface area contributed by atoms with Crippen LogP contribution in [-0.2, 0) is 4.74 Å². The number of para-hydroxylation sites is 1. The van der Waals surface area contributed by atoms with Gasteiger partial charge in [0, 0.05) is 7.11 Å². The van der Waals surface area contributed by atoms with Crippen LogP contribution in [0.15, 0.2) is 48.5 Å². The van der Waals surface area contributed by atoms with Crippen molar-refractivity contribution in [1.29, 1.82) is 0 Å². The molecule has 0 aromatic heterocycles. The van der Waals surface area contributed by atoms with Gasteiger partial charge in [-0.05, 0) is 29.8 Å². The zero-order valence-electron chi connectivity index (χ0n) is 11.7. The summed E-state index contributed by atoms with van der Waals surface area (Å²) in [6.45, 7) is 0.213. The van der Waals surface area contributed by atoms with E-state index in [0.29, 0.717) is 17.7 Å². The highest BCUT2D eigenvalue weighted by atomic mass is 16.7. The summed E-state index contributed by atoms with van der Waals surface area (Å²) in [5, 5.41) is 0. The summed E-state index contributed by atoms with van der Waals surface area (Å²) >= 11 is 0. The minimum atomic E-state index is -0.246. The zero-order valence-corrected chi connectivity index (χ0v) is 11.7. The number of carbonyl (C=O) groups is 1. The maximum absolute atomic E-state index is 12.2. The summed E-state index contributed by atoms with van der Waals surface area (Å²) in [6, 6.07) is 14.9. The molecule has 1 unspecified atom stereocenters. The van der Waals surface area contributed by atoms with E-state index in [0.717, 1.165) is 11.3 Å². The number of hydrogen-bond donors (Lipinski definition) is 0. The molecule has 1 atom stereocenters. The Morgan fingerprint density at radius 2 is 1.90 bits per heavy atom. The number of rotatable bonds is 4. The molecule has 0 saturated heterocycles. The van der Waals surface area contributed by atoms with E-state index in [-0.39, 0.29) is 18.7 Å². The van der Waals surface area contributed by atoms with E-state index in [9.17, 15) is 4.79 Å². The van der Waals surface area contributed by atoms with Gasteiger partial charge in [0.25, 0.3) is 0 Å². The minimum Gasteiger partial charge on any atom is -0.484 e. The van der Waals surface area contributed by atoms with Crippen molar-refractivity contribution in [2.24, 2.45) is 0 Å². The number of carbonyl (C=O) groups excluding carboxylic acids is 1. The van der Waals surface area contributed by atoms with Gasteiger partial charge in [0.05, 0.1) is 12.0 Å². The predicted molar refractivity (Wildman–Crippen MR) is 77.7 cm³/mol. The first kappa shape index (κ1) is 13.6. The Morgan fingerprint density at radius 3 is 2.67 bits per heavy atom. The first-order valence-corrected chi connectivity index (χ1v) is 6.78. The van der Waals surface area contributed by atoms with Gasteiger partial charge in [-0.2, -0.15) is 0 Å². The van der Waals surface area contributed by atoms with Crippen LogP contribution >= 0.6 is 0 Å². The lowest BCUT2D eigenvalue weighted by Gasteiger charge is -2.25. The van der Waals surface area contributed by atoms with E-state index in [1.54, 1.807) is 13.2 Å². The average Bonchev–Trinajstić information content (AvgIpc) is 2.53. The SMILES string of the molecule is COCOc1ccc(C2CC(=O)c3ccccc3O2)cc1. The highest BCUT2D eigenvalue weighted by Crippen LogP contribution is 2.34. The van der Waals surface area contributed by atoms with Gasteiger partial charge in [0.2, 0.25) is 0 Å². The Hall–Kier alpha value is -2.33. The van der Waals surface area contributed by atoms with Crippen molar-refractivity contribution in [2.45, 2.75) is 12.5 Å². The summed E-state index contributed by atoms with van der Waals surface area (Å²) in [6.07, 6.45) is 0.110. The molecule has 1 aliphatic rings. The molecule has 0 fully saturated rings. The molecule has 4 nitrogen and oxygen atoms in total. The topological polar surface area (TPSA) is 44.8 Å². The molecule has 0 amide bonds. The first-order chi connectivity index (χ1) is 10.3. The Morgan fingerprint density at radius 1 is 1.14 bits per heavy atom. The lowest BCUT2D eigenvalue weighted by Crippen LogP contribution is -2.20. The van der Waals surface area contributed by atoms with Crippen LogP contribution in [0.5, 0.6) is 11.5 Å². The lowest BCUT2D eigenvalue weighted by molar-refractivity contribution is 0.0511. The third-order valence-corrected chi connectivity index (χ3v) is 3.42. The van der Waals surface area contributed by atoms with Crippen molar-refractivity contribution in [3.63, 3.8) is 0 Å². The van der Waals surface area contributed by atoms with Crippen LogP contribution in [0, 0.1) is 0 Å². The van der Waals surface area contributed by atoms with E-state index < -0.39 is 0 Å². The molecule has 2 aromatic carbocycles. The Labute approximate surface area is 123 Å². The number of benzene rings is 2. The molecule has 0 N–H and O–H groups in total. The molecule has 0 bridgehead atoms. The van der Waals surface area contributed by atoms with Gasteiger partial charge >= 0.3 is 0 Å². The maximum atomic E-state index is 12.2. The van der Waals surface area contributed by atoms with Gasteiger partial charge in [-0.1, -0.05) is 24.3 Å². The summed E-state index contributed by atoms with van der Waals surface area (Å²) in [7, 11) is 1.58. The molecule has 2 aromatic rings. The van der Waals surface area contributed by atoms with Gasteiger partial charge in [0.15, 0.2) is 12.6 Å². The molecular weight excluding hydrogens is 268 g/mol. The molecule has 108 valence electrons. The third kappa shape index (κ3) is 2.90. The standard InChI is InChI=1S/C17H16O4/c1-19-11-20-13-8-6-12(7-9-13)17-10-15(18)14-4-2-3-5-16(14)21-17/h2-9,17H,10-11H2,1H3.